The molecule has 0 heterocycles. The fourth-order valence-corrected chi connectivity index (χ4v) is 3.62. The highest BCUT2D eigenvalue weighted by Crippen LogP contribution is 2.47. The van der Waals surface area contributed by atoms with Crippen molar-refractivity contribution in [3.05, 3.63) is 71.4 Å². The minimum atomic E-state index is -0.939. The van der Waals surface area contributed by atoms with Gasteiger partial charge in [0.05, 0.1) is 0 Å². The molecular formula is C25H32O3. The summed E-state index contributed by atoms with van der Waals surface area (Å²) < 4.78 is 5.96. The molecule has 0 fully saturated rings. The van der Waals surface area contributed by atoms with Crippen LogP contribution in [-0.2, 0) is 15.6 Å². The van der Waals surface area contributed by atoms with Crippen LogP contribution in [0.5, 0.6) is 5.75 Å². The van der Waals surface area contributed by atoms with Crippen molar-refractivity contribution in [2.45, 2.75) is 58.3 Å². The maximum absolute atomic E-state index is 10.7. The Bertz CT molecular complexity index is 836. The van der Waals surface area contributed by atoms with Crippen LogP contribution in [0.2, 0.25) is 0 Å². The van der Waals surface area contributed by atoms with Crippen LogP contribution >= 0.6 is 0 Å². The van der Waals surface area contributed by atoms with Gasteiger partial charge in [-0.25, -0.2) is 4.79 Å². The van der Waals surface area contributed by atoms with E-state index in [0.717, 1.165) is 24.2 Å². The largest absolute Gasteiger partial charge is 0.489 e. The Morgan fingerprint density at radius 1 is 1.14 bits per heavy atom. The second-order valence-corrected chi connectivity index (χ2v) is 8.75. The molecule has 1 aliphatic rings. The van der Waals surface area contributed by atoms with Crippen LogP contribution < -0.4 is 4.74 Å². The second kappa shape index (κ2) is 8.64. The van der Waals surface area contributed by atoms with Crippen molar-refractivity contribution in [3.63, 3.8) is 0 Å². The van der Waals surface area contributed by atoms with Crippen LogP contribution in [0.1, 0.15) is 64.2 Å². The molecule has 0 saturated carbocycles. The van der Waals surface area contributed by atoms with Crippen LogP contribution in [0.3, 0.4) is 0 Å². The maximum Gasteiger partial charge on any atom is 0.328 e. The van der Waals surface area contributed by atoms with Crippen molar-refractivity contribution < 1.29 is 14.6 Å². The molecule has 0 spiro atoms. The maximum atomic E-state index is 10.7. The average molecular weight is 381 g/mol. The summed E-state index contributed by atoms with van der Waals surface area (Å²) in [5.74, 6) is -0.0855. The van der Waals surface area contributed by atoms with E-state index < -0.39 is 5.97 Å². The minimum absolute atomic E-state index is 0.123. The van der Waals surface area contributed by atoms with Crippen molar-refractivity contribution in [2.75, 3.05) is 6.61 Å². The van der Waals surface area contributed by atoms with Crippen molar-refractivity contribution in [1.82, 2.24) is 0 Å². The van der Waals surface area contributed by atoms with Gasteiger partial charge in [-0.05, 0) is 59.4 Å². The molecule has 1 N–H and O–H groups in total. The topological polar surface area (TPSA) is 46.5 Å². The van der Waals surface area contributed by atoms with Gasteiger partial charge in [0.25, 0.3) is 0 Å². The normalized spacial score (nSPS) is 18.2. The quantitative estimate of drug-likeness (QED) is 0.348. The summed E-state index contributed by atoms with van der Waals surface area (Å²) in [6.07, 6.45) is 12.8. The van der Waals surface area contributed by atoms with Crippen molar-refractivity contribution in [1.29, 1.82) is 0 Å². The minimum Gasteiger partial charge on any atom is -0.489 e. The van der Waals surface area contributed by atoms with Gasteiger partial charge in [0.15, 0.2) is 0 Å². The number of carbonyl (C=O) groups is 1. The summed E-state index contributed by atoms with van der Waals surface area (Å²) in [6, 6.07) is 4.44. The molecule has 0 saturated heterocycles. The van der Waals surface area contributed by atoms with E-state index in [4.69, 9.17) is 9.84 Å². The van der Waals surface area contributed by atoms with Gasteiger partial charge in [0, 0.05) is 11.6 Å². The number of hydrogen-bond acceptors (Lipinski definition) is 2. The van der Waals surface area contributed by atoms with E-state index >= 15 is 0 Å². The fraction of sp³-hybridized carbons (Fsp3) is 0.400. The van der Waals surface area contributed by atoms with E-state index in [2.05, 4.69) is 46.4 Å². The Hall–Kier alpha value is -2.55. The molecule has 0 unspecified atom stereocenters. The summed E-state index contributed by atoms with van der Waals surface area (Å²) in [6.45, 7) is 15.2. The summed E-state index contributed by atoms with van der Waals surface area (Å²) in [4.78, 5) is 10.7. The van der Waals surface area contributed by atoms with Gasteiger partial charge in [0.1, 0.15) is 12.4 Å². The molecule has 0 radical (unpaired) electrons. The molecule has 3 heteroatoms. The third-order valence-electron chi connectivity index (χ3n) is 5.44. The van der Waals surface area contributed by atoms with Gasteiger partial charge in [-0.3, -0.25) is 0 Å². The summed E-state index contributed by atoms with van der Waals surface area (Å²) in [5, 5.41) is 8.79. The Balaban J connectivity index is 2.45. The first-order valence-corrected chi connectivity index (χ1v) is 9.75. The lowest BCUT2D eigenvalue weighted by Gasteiger charge is -2.42. The Morgan fingerprint density at radius 3 is 2.32 bits per heavy atom. The highest BCUT2D eigenvalue weighted by Gasteiger charge is 2.37. The lowest BCUT2D eigenvalue weighted by molar-refractivity contribution is -0.131. The zero-order valence-corrected chi connectivity index (χ0v) is 17.7. The fourth-order valence-electron chi connectivity index (χ4n) is 3.62. The predicted molar refractivity (Wildman–Crippen MR) is 117 cm³/mol. The van der Waals surface area contributed by atoms with Gasteiger partial charge >= 0.3 is 5.97 Å². The Morgan fingerprint density at radius 2 is 1.75 bits per heavy atom. The summed E-state index contributed by atoms with van der Waals surface area (Å²) in [5.41, 5.74) is 4.69. The monoisotopic (exact) mass is 380 g/mol. The first-order chi connectivity index (χ1) is 13.1. The number of fused-ring (bicyclic) bond motifs is 1. The van der Waals surface area contributed by atoms with Gasteiger partial charge in [-0.15, -0.1) is 0 Å². The molecule has 0 bridgehead atoms. The number of hydrogen-bond donors (Lipinski definition) is 1. The van der Waals surface area contributed by atoms with E-state index in [-0.39, 0.29) is 10.8 Å². The average Bonchev–Trinajstić information content (AvgIpc) is 2.60. The lowest BCUT2D eigenvalue weighted by atomic mass is 9.63. The third kappa shape index (κ3) is 5.25. The summed E-state index contributed by atoms with van der Waals surface area (Å²) in [7, 11) is 0. The van der Waals surface area contributed by atoms with Crippen LogP contribution in [0, 0.1) is 0 Å². The zero-order chi connectivity index (χ0) is 20.9. The van der Waals surface area contributed by atoms with Crippen LogP contribution in [0.15, 0.2) is 54.7 Å². The molecule has 0 amide bonds. The van der Waals surface area contributed by atoms with Gasteiger partial charge in [0.2, 0.25) is 0 Å². The number of carboxylic acid groups (broad SMARTS) is 1. The number of ether oxygens (including phenoxy) is 1. The number of carboxylic acids is 1. The highest BCUT2D eigenvalue weighted by molar-refractivity contribution is 5.81. The third-order valence-corrected chi connectivity index (χ3v) is 5.44. The smallest absolute Gasteiger partial charge is 0.328 e. The number of allylic oxidation sites excluding steroid dienone is 4. The van der Waals surface area contributed by atoms with Crippen LogP contribution in [-0.4, -0.2) is 17.7 Å². The first kappa shape index (κ1) is 21.7. The van der Waals surface area contributed by atoms with Gasteiger partial charge in [-0.2, -0.15) is 0 Å². The molecule has 0 aliphatic heterocycles. The van der Waals surface area contributed by atoms with Gasteiger partial charge in [-0.1, -0.05) is 64.7 Å². The van der Waals surface area contributed by atoms with E-state index in [0.29, 0.717) is 12.2 Å². The Labute approximate surface area is 169 Å². The molecule has 0 aromatic heterocycles. The lowest BCUT2D eigenvalue weighted by Crippen LogP contribution is -2.34. The standard InChI is InChI=1S/C25H32O3/c1-7-14-28-22-17-21-20(24(3,4)12-13-25(21,5)6)16-19(22)11-9-8-10-18(2)15-23(26)27/h7-11,15-17H,1,12-14H2,2-6H3,(H,26,27)/b10-8+,11-9+,18-15+. The van der Waals surface area contributed by atoms with Crippen molar-refractivity contribution >= 4 is 12.0 Å². The highest BCUT2D eigenvalue weighted by atomic mass is 16.5. The van der Waals surface area contributed by atoms with Crippen molar-refractivity contribution in [3.8, 4) is 5.75 Å². The molecule has 150 valence electrons. The molecular weight excluding hydrogens is 348 g/mol. The number of rotatable bonds is 7. The second-order valence-electron chi connectivity index (χ2n) is 8.75. The van der Waals surface area contributed by atoms with Crippen molar-refractivity contribution in [2.24, 2.45) is 0 Å². The Kier molecular flexibility index (Phi) is 6.71. The van der Waals surface area contributed by atoms with E-state index in [9.17, 15) is 4.79 Å². The SMILES string of the molecule is C=CCOc1cc2c(cc1/C=C/C=C/C(C)=C/C(=O)O)C(C)(C)CCC2(C)C. The molecule has 2 rings (SSSR count). The zero-order valence-electron chi connectivity index (χ0n) is 17.7. The predicted octanol–water partition coefficient (Wildman–Crippen LogP) is 6.20. The van der Waals surface area contributed by atoms with Crippen LogP contribution in [0.25, 0.3) is 6.08 Å². The summed E-state index contributed by atoms with van der Waals surface area (Å²) >= 11 is 0. The van der Waals surface area contributed by atoms with E-state index in [1.165, 1.54) is 17.2 Å². The molecule has 1 aromatic rings. The molecule has 0 atom stereocenters. The van der Waals surface area contributed by atoms with Gasteiger partial charge < -0.3 is 9.84 Å². The van der Waals surface area contributed by atoms with E-state index in [1.54, 1.807) is 19.1 Å². The first-order valence-electron chi connectivity index (χ1n) is 9.75. The molecule has 1 aliphatic carbocycles. The van der Waals surface area contributed by atoms with Crippen LogP contribution in [0.4, 0.5) is 0 Å². The molecule has 28 heavy (non-hydrogen) atoms. The molecule has 3 nitrogen and oxygen atoms in total. The van der Waals surface area contributed by atoms with E-state index in [1.807, 2.05) is 18.2 Å². The number of aliphatic carboxylic acids is 1. The number of benzene rings is 1. The molecule has 1 aromatic carbocycles.